The van der Waals surface area contributed by atoms with Crippen LogP contribution in [0.2, 0.25) is 0 Å². The molecule has 1 aliphatic rings. The number of piperidine rings is 1. The highest BCUT2D eigenvalue weighted by molar-refractivity contribution is 5.83. The molecule has 1 fully saturated rings. The van der Waals surface area contributed by atoms with Gasteiger partial charge < -0.3 is 9.32 Å². The molecule has 1 saturated heterocycles. The third kappa shape index (κ3) is 3.17. The molecule has 2 N–H and O–H groups in total. The number of furan rings is 1. The minimum absolute atomic E-state index is 0.00180. The van der Waals surface area contributed by atoms with Crippen LogP contribution in [0.3, 0.4) is 0 Å². The summed E-state index contributed by atoms with van der Waals surface area (Å²) in [4.78, 5) is 13.1. The second kappa shape index (κ2) is 5.63. The summed E-state index contributed by atoms with van der Waals surface area (Å²) in [5.41, 5.74) is 3.43. The fourth-order valence-electron chi connectivity index (χ4n) is 2.12. The van der Waals surface area contributed by atoms with Gasteiger partial charge in [-0.25, -0.2) is 5.43 Å². The van der Waals surface area contributed by atoms with Gasteiger partial charge in [-0.05, 0) is 18.9 Å². The van der Waals surface area contributed by atoms with E-state index in [1.807, 2.05) is 0 Å². The molecule has 1 unspecified atom stereocenters. The van der Waals surface area contributed by atoms with Crippen LogP contribution in [0, 0.1) is 0 Å². The second-order valence-corrected chi connectivity index (χ2v) is 4.44. The molecular formula is C12H18N3O2+. The van der Waals surface area contributed by atoms with Gasteiger partial charge in [-0.15, -0.1) is 0 Å². The van der Waals surface area contributed by atoms with Gasteiger partial charge in [0.25, 0.3) is 5.91 Å². The first-order valence-corrected chi connectivity index (χ1v) is 5.95. The number of nitrogens with zero attached hydrogens (tertiary/aromatic N) is 1. The predicted molar refractivity (Wildman–Crippen MR) is 63.8 cm³/mol. The number of rotatable bonds is 3. The Morgan fingerprint density at radius 1 is 1.65 bits per heavy atom. The minimum Gasteiger partial charge on any atom is -0.472 e. The van der Waals surface area contributed by atoms with E-state index in [4.69, 9.17) is 4.42 Å². The Kier molecular flexibility index (Phi) is 3.93. The largest absolute Gasteiger partial charge is 0.472 e. The number of amides is 1. The van der Waals surface area contributed by atoms with Crippen molar-refractivity contribution >= 4 is 12.1 Å². The molecule has 2 rings (SSSR count). The summed E-state index contributed by atoms with van der Waals surface area (Å²) in [6.45, 7) is 1.06. The van der Waals surface area contributed by atoms with E-state index in [0.717, 1.165) is 24.9 Å². The summed E-state index contributed by atoms with van der Waals surface area (Å²) in [6, 6.07) is 1.82. The molecule has 1 aliphatic heterocycles. The van der Waals surface area contributed by atoms with E-state index < -0.39 is 0 Å². The van der Waals surface area contributed by atoms with Gasteiger partial charge >= 0.3 is 0 Å². The molecule has 1 amide bonds. The Morgan fingerprint density at radius 2 is 2.53 bits per heavy atom. The minimum atomic E-state index is 0.00180. The number of quaternary nitrogens is 1. The van der Waals surface area contributed by atoms with E-state index >= 15 is 0 Å². The fraction of sp³-hybridized carbons (Fsp3) is 0.500. The second-order valence-electron chi connectivity index (χ2n) is 4.44. The van der Waals surface area contributed by atoms with Crippen molar-refractivity contribution in [1.29, 1.82) is 0 Å². The van der Waals surface area contributed by atoms with Crippen molar-refractivity contribution in [3.63, 3.8) is 0 Å². The summed E-state index contributed by atoms with van der Waals surface area (Å²) in [5, 5.41) is 3.93. The van der Waals surface area contributed by atoms with Gasteiger partial charge in [-0.3, -0.25) is 4.79 Å². The molecule has 0 aliphatic carbocycles. The molecule has 0 radical (unpaired) electrons. The van der Waals surface area contributed by atoms with Gasteiger partial charge in [0.1, 0.15) is 0 Å². The molecule has 1 aromatic heterocycles. The number of nitrogens with one attached hydrogen (secondary N) is 2. The number of hydrogen-bond acceptors (Lipinski definition) is 3. The van der Waals surface area contributed by atoms with E-state index in [-0.39, 0.29) is 11.9 Å². The van der Waals surface area contributed by atoms with Crippen LogP contribution in [-0.4, -0.2) is 31.8 Å². The number of hydrogen-bond donors (Lipinski definition) is 2. The van der Waals surface area contributed by atoms with E-state index in [1.165, 1.54) is 11.3 Å². The van der Waals surface area contributed by atoms with Crippen LogP contribution >= 0.6 is 0 Å². The van der Waals surface area contributed by atoms with Crippen LogP contribution in [-0.2, 0) is 4.79 Å². The van der Waals surface area contributed by atoms with Gasteiger partial charge in [0.15, 0.2) is 6.04 Å². The SMILES string of the molecule is C[NH+]1CCCC[C@@H]1C(=O)N/N=C\c1ccoc1. The third-order valence-electron chi connectivity index (χ3n) is 3.16. The van der Waals surface area contributed by atoms with Crippen molar-refractivity contribution in [3.05, 3.63) is 24.2 Å². The molecule has 5 heteroatoms. The zero-order chi connectivity index (χ0) is 12.1. The van der Waals surface area contributed by atoms with Crippen LogP contribution in [0.15, 0.2) is 28.1 Å². The molecular weight excluding hydrogens is 218 g/mol. The maximum Gasteiger partial charge on any atom is 0.298 e. The van der Waals surface area contributed by atoms with Gasteiger partial charge in [-0.2, -0.15) is 5.10 Å². The highest BCUT2D eigenvalue weighted by atomic mass is 16.3. The molecule has 2 atom stereocenters. The van der Waals surface area contributed by atoms with Crippen LogP contribution < -0.4 is 10.3 Å². The Balaban J connectivity index is 1.84. The molecule has 92 valence electrons. The Bertz CT molecular complexity index is 386. The molecule has 2 heterocycles. The lowest BCUT2D eigenvalue weighted by Gasteiger charge is -2.27. The number of carbonyl (C=O) groups is 1. The van der Waals surface area contributed by atoms with Gasteiger partial charge in [0, 0.05) is 12.0 Å². The lowest BCUT2D eigenvalue weighted by molar-refractivity contribution is -0.901. The van der Waals surface area contributed by atoms with Crippen LogP contribution in [0.25, 0.3) is 0 Å². The lowest BCUT2D eigenvalue weighted by atomic mass is 10.0. The summed E-state index contributed by atoms with van der Waals surface area (Å²) in [5.74, 6) is 0.00180. The van der Waals surface area contributed by atoms with Crippen LogP contribution in [0.5, 0.6) is 0 Å². The molecule has 5 nitrogen and oxygen atoms in total. The standard InChI is InChI=1S/C12H17N3O2/c1-15-6-3-2-4-11(15)12(16)14-13-8-10-5-7-17-9-10/h5,7-9,11H,2-4,6H2,1H3,(H,14,16)/p+1/b13-8-/t11-/m1/s1. The average molecular weight is 236 g/mol. The first-order valence-electron chi connectivity index (χ1n) is 5.95. The fourth-order valence-corrected chi connectivity index (χ4v) is 2.12. The van der Waals surface area contributed by atoms with Crippen molar-refractivity contribution < 1.29 is 14.1 Å². The van der Waals surface area contributed by atoms with Gasteiger partial charge in [0.05, 0.1) is 32.3 Å². The van der Waals surface area contributed by atoms with Crippen molar-refractivity contribution in [2.24, 2.45) is 5.10 Å². The molecule has 0 aromatic carbocycles. The molecule has 0 spiro atoms. The Morgan fingerprint density at radius 3 is 3.24 bits per heavy atom. The topological polar surface area (TPSA) is 59.0 Å². The van der Waals surface area contributed by atoms with Crippen molar-refractivity contribution in [3.8, 4) is 0 Å². The van der Waals surface area contributed by atoms with Crippen molar-refractivity contribution in [1.82, 2.24) is 5.43 Å². The van der Waals surface area contributed by atoms with E-state index in [2.05, 4.69) is 17.6 Å². The highest BCUT2D eigenvalue weighted by Gasteiger charge is 2.29. The van der Waals surface area contributed by atoms with Gasteiger partial charge in [-0.1, -0.05) is 0 Å². The lowest BCUT2D eigenvalue weighted by Crippen LogP contribution is -3.15. The summed E-state index contributed by atoms with van der Waals surface area (Å²) in [6.07, 6.45) is 8.00. The first-order chi connectivity index (χ1) is 8.27. The zero-order valence-electron chi connectivity index (χ0n) is 9.98. The van der Waals surface area contributed by atoms with E-state index in [0.29, 0.717) is 0 Å². The van der Waals surface area contributed by atoms with Crippen molar-refractivity contribution in [2.75, 3.05) is 13.6 Å². The third-order valence-corrected chi connectivity index (χ3v) is 3.16. The van der Waals surface area contributed by atoms with Crippen LogP contribution in [0.4, 0.5) is 0 Å². The molecule has 0 bridgehead atoms. The zero-order valence-corrected chi connectivity index (χ0v) is 9.98. The maximum absolute atomic E-state index is 11.9. The van der Waals surface area contributed by atoms with E-state index in [1.54, 1.807) is 24.8 Å². The normalized spacial score (nSPS) is 25.0. The molecule has 17 heavy (non-hydrogen) atoms. The Hall–Kier alpha value is -1.62. The first kappa shape index (κ1) is 11.9. The smallest absolute Gasteiger partial charge is 0.298 e. The monoisotopic (exact) mass is 236 g/mol. The van der Waals surface area contributed by atoms with E-state index in [9.17, 15) is 4.79 Å². The number of hydrazone groups is 1. The number of likely N-dealkylation sites (N-methyl/N-ethyl adjacent to an activating group) is 1. The number of likely N-dealkylation sites (tertiary alicyclic amines) is 1. The predicted octanol–water partition coefficient (Wildman–Crippen LogP) is -0.203. The maximum atomic E-state index is 11.9. The summed E-state index contributed by atoms with van der Waals surface area (Å²) >= 11 is 0. The summed E-state index contributed by atoms with van der Waals surface area (Å²) < 4.78 is 4.90. The van der Waals surface area contributed by atoms with Crippen LogP contribution in [0.1, 0.15) is 24.8 Å². The summed E-state index contributed by atoms with van der Waals surface area (Å²) in [7, 11) is 2.06. The Labute approximate surface area is 100 Å². The average Bonchev–Trinajstić information content (AvgIpc) is 2.82. The molecule has 0 saturated carbocycles. The van der Waals surface area contributed by atoms with Crippen molar-refractivity contribution in [2.45, 2.75) is 25.3 Å². The van der Waals surface area contributed by atoms with Gasteiger partial charge in [0.2, 0.25) is 0 Å². The number of carbonyl (C=O) groups excluding carboxylic acids is 1. The molecule has 1 aromatic rings. The highest BCUT2D eigenvalue weighted by Crippen LogP contribution is 2.02. The quantitative estimate of drug-likeness (QED) is 0.564.